The van der Waals surface area contributed by atoms with Crippen molar-refractivity contribution in [3.8, 4) is 0 Å². The molecule has 0 radical (unpaired) electrons. The zero-order chi connectivity index (χ0) is 12.1. The van der Waals surface area contributed by atoms with Crippen LogP contribution in [0.15, 0.2) is 24.3 Å². The Morgan fingerprint density at radius 1 is 1.47 bits per heavy atom. The predicted octanol–water partition coefficient (Wildman–Crippen LogP) is 2.45. The summed E-state index contributed by atoms with van der Waals surface area (Å²) < 4.78 is 13.4. The molecule has 0 amide bonds. The van der Waals surface area contributed by atoms with Crippen LogP contribution in [0.5, 0.6) is 0 Å². The number of hydrogen-bond acceptors (Lipinski definition) is 2. The second kappa shape index (κ2) is 6.12. The van der Waals surface area contributed by atoms with Gasteiger partial charge in [0.05, 0.1) is 0 Å². The van der Waals surface area contributed by atoms with Gasteiger partial charge in [-0.3, -0.25) is 0 Å². The summed E-state index contributed by atoms with van der Waals surface area (Å²) in [6.45, 7) is 3.92. The molecule has 1 fully saturated rings. The minimum Gasteiger partial charge on any atom is -0.314 e. The number of rotatable bonds is 5. The molecule has 1 heterocycles. The van der Waals surface area contributed by atoms with Gasteiger partial charge in [0.15, 0.2) is 0 Å². The van der Waals surface area contributed by atoms with Crippen molar-refractivity contribution >= 4 is 0 Å². The standard InChI is InChI=1S/C14H21FN2/c1-11(9-13-6-4-8-16-13)17-10-12-5-2-3-7-14(12)15/h2-3,5,7,11,13,16-17H,4,6,8-10H2,1H3. The van der Waals surface area contributed by atoms with Crippen molar-refractivity contribution < 1.29 is 4.39 Å². The van der Waals surface area contributed by atoms with E-state index >= 15 is 0 Å². The second-order valence-electron chi connectivity index (χ2n) is 4.90. The van der Waals surface area contributed by atoms with Crippen LogP contribution in [0.1, 0.15) is 31.7 Å². The summed E-state index contributed by atoms with van der Waals surface area (Å²) in [7, 11) is 0. The molecule has 94 valence electrons. The van der Waals surface area contributed by atoms with E-state index in [0.29, 0.717) is 18.6 Å². The lowest BCUT2D eigenvalue weighted by Gasteiger charge is -2.18. The molecule has 1 aliphatic rings. The lowest BCUT2D eigenvalue weighted by Crippen LogP contribution is -2.33. The maximum Gasteiger partial charge on any atom is 0.127 e. The third kappa shape index (κ3) is 3.79. The highest BCUT2D eigenvalue weighted by Gasteiger charge is 2.16. The average Bonchev–Trinajstić information content (AvgIpc) is 2.81. The zero-order valence-corrected chi connectivity index (χ0v) is 10.4. The van der Waals surface area contributed by atoms with E-state index in [2.05, 4.69) is 17.6 Å². The Bertz CT molecular complexity index is 348. The Balaban J connectivity index is 1.75. The fourth-order valence-corrected chi connectivity index (χ4v) is 2.39. The topological polar surface area (TPSA) is 24.1 Å². The molecular formula is C14H21FN2. The van der Waals surface area contributed by atoms with Crippen LogP contribution in [0.25, 0.3) is 0 Å². The van der Waals surface area contributed by atoms with E-state index in [9.17, 15) is 4.39 Å². The Morgan fingerprint density at radius 2 is 2.29 bits per heavy atom. The number of halogens is 1. The summed E-state index contributed by atoms with van der Waals surface area (Å²) in [5.41, 5.74) is 0.749. The second-order valence-corrected chi connectivity index (χ2v) is 4.90. The van der Waals surface area contributed by atoms with Gasteiger partial charge in [-0.15, -0.1) is 0 Å². The molecule has 1 aromatic carbocycles. The first-order valence-electron chi connectivity index (χ1n) is 6.46. The van der Waals surface area contributed by atoms with Gasteiger partial charge in [0.25, 0.3) is 0 Å². The average molecular weight is 236 g/mol. The van der Waals surface area contributed by atoms with Crippen molar-refractivity contribution in [1.82, 2.24) is 10.6 Å². The zero-order valence-electron chi connectivity index (χ0n) is 10.4. The van der Waals surface area contributed by atoms with E-state index in [4.69, 9.17) is 0 Å². The largest absolute Gasteiger partial charge is 0.314 e. The molecule has 0 spiro atoms. The fourth-order valence-electron chi connectivity index (χ4n) is 2.39. The third-order valence-electron chi connectivity index (χ3n) is 3.40. The van der Waals surface area contributed by atoms with Gasteiger partial charge >= 0.3 is 0 Å². The number of benzene rings is 1. The molecule has 0 saturated carbocycles. The molecule has 1 aromatic rings. The van der Waals surface area contributed by atoms with Crippen LogP contribution in [0, 0.1) is 5.82 Å². The normalized spacial score (nSPS) is 21.6. The van der Waals surface area contributed by atoms with Gasteiger partial charge in [0, 0.05) is 24.2 Å². The SMILES string of the molecule is CC(CC1CCCN1)NCc1ccccc1F. The Morgan fingerprint density at radius 3 is 3.00 bits per heavy atom. The number of hydrogen-bond donors (Lipinski definition) is 2. The van der Waals surface area contributed by atoms with Crippen LogP contribution < -0.4 is 10.6 Å². The first-order valence-corrected chi connectivity index (χ1v) is 6.46. The summed E-state index contributed by atoms with van der Waals surface area (Å²) in [6, 6.07) is 8.01. The molecule has 1 aliphatic heterocycles. The van der Waals surface area contributed by atoms with Crippen molar-refractivity contribution in [2.24, 2.45) is 0 Å². The maximum absolute atomic E-state index is 13.4. The van der Waals surface area contributed by atoms with Crippen LogP contribution in [-0.4, -0.2) is 18.6 Å². The van der Waals surface area contributed by atoms with Crippen molar-refractivity contribution in [2.45, 2.75) is 44.8 Å². The van der Waals surface area contributed by atoms with Gasteiger partial charge in [-0.25, -0.2) is 4.39 Å². The van der Waals surface area contributed by atoms with Crippen LogP contribution in [-0.2, 0) is 6.54 Å². The highest BCUT2D eigenvalue weighted by molar-refractivity contribution is 5.16. The third-order valence-corrected chi connectivity index (χ3v) is 3.40. The first kappa shape index (κ1) is 12.5. The van der Waals surface area contributed by atoms with E-state index in [1.54, 1.807) is 6.07 Å². The van der Waals surface area contributed by atoms with Gasteiger partial charge in [0.1, 0.15) is 5.82 Å². The molecular weight excluding hydrogens is 215 g/mol. The molecule has 0 bridgehead atoms. The Labute approximate surface area is 103 Å². The molecule has 17 heavy (non-hydrogen) atoms. The molecule has 3 heteroatoms. The summed E-state index contributed by atoms with van der Waals surface area (Å²) >= 11 is 0. The molecule has 2 N–H and O–H groups in total. The summed E-state index contributed by atoms with van der Waals surface area (Å²) in [6.07, 6.45) is 3.67. The van der Waals surface area contributed by atoms with E-state index in [0.717, 1.165) is 18.5 Å². The van der Waals surface area contributed by atoms with E-state index < -0.39 is 0 Å². The van der Waals surface area contributed by atoms with E-state index in [1.807, 2.05) is 12.1 Å². The summed E-state index contributed by atoms with van der Waals surface area (Å²) in [5, 5.41) is 6.87. The van der Waals surface area contributed by atoms with Crippen LogP contribution >= 0.6 is 0 Å². The molecule has 0 aliphatic carbocycles. The molecule has 2 unspecified atom stereocenters. The van der Waals surface area contributed by atoms with Gasteiger partial charge in [-0.05, 0) is 38.8 Å². The van der Waals surface area contributed by atoms with Crippen LogP contribution in [0.3, 0.4) is 0 Å². The molecule has 2 atom stereocenters. The van der Waals surface area contributed by atoms with Gasteiger partial charge in [-0.1, -0.05) is 18.2 Å². The Hall–Kier alpha value is -0.930. The monoisotopic (exact) mass is 236 g/mol. The van der Waals surface area contributed by atoms with Crippen molar-refractivity contribution in [3.05, 3.63) is 35.6 Å². The smallest absolute Gasteiger partial charge is 0.127 e. The van der Waals surface area contributed by atoms with Gasteiger partial charge in [0.2, 0.25) is 0 Å². The molecule has 0 aromatic heterocycles. The quantitative estimate of drug-likeness (QED) is 0.820. The van der Waals surface area contributed by atoms with Crippen LogP contribution in [0.4, 0.5) is 4.39 Å². The van der Waals surface area contributed by atoms with Gasteiger partial charge in [-0.2, -0.15) is 0 Å². The Kier molecular flexibility index (Phi) is 4.51. The predicted molar refractivity (Wildman–Crippen MR) is 68.3 cm³/mol. The maximum atomic E-state index is 13.4. The summed E-state index contributed by atoms with van der Waals surface area (Å²) in [4.78, 5) is 0. The van der Waals surface area contributed by atoms with Crippen molar-refractivity contribution in [3.63, 3.8) is 0 Å². The van der Waals surface area contributed by atoms with Gasteiger partial charge < -0.3 is 10.6 Å². The minimum absolute atomic E-state index is 0.119. The van der Waals surface area contributed by atoms with E-state index in [1.165, 1.54) is 18.9 Å². The summed E-state index contributed by atoms with van der Waals surface area (Å²) in [5.74, 6) is -0.119. The fraction of sp³-hybridized carbons (Fsp3) is 0.571. The van der Waals surface area contributed by atoms with Crippen LogP contribution in [0.2, 0.25) is 0 Å². The highest BCUT2D eigenvalue weighted by atomic mass is 19.1. The van der Waals surface area contributed by atoms with Crippen molar-refractivity contribution in [1.29, 1.82) is 0 Å². The highest BCUT2D eigenvalue weighted by Crippen LogP contribution is 2.12. The minimum atomic E-state index is -0.119. The van der Waals surface area contributed by atoms with E-state index in [-0.39, 0.29) is 5.82 Å². The lowest BCUT2D eigenvalue weighted by atomic mass is 10.1. The first-order chi connectivity index (χ1) is 8.25. The molecule has 2 rings (SSSR count). The number of nitrogens with one attached hydrogen (secondary N) is 2. The molecule has 2 nitrogen and oxygen atoms in total. The molecule has 1 saturated heterocycles. The van der Waals surface area contributed by atoms with Crippen molar-refractivity contribution in [2.75, 3.05) is 6.54 Å². The lowest BCUT2D eigenvalue weighted by molar-refractivity contribution is 0.436.